The fourth-order valence-electron chi connectivity index (χ4n) is 3.24. The number of hydrogen-bond donors (Lipinski definition) is 0. The van der Waals surface area contributed by atoms with E-state index in [1.54, 1.807) is 0 Å². The highest BCUT2D eigenvalue weighted by molar-refractivity contribution is 7.29. The average molecular weight is 379 g/mol. The Morgan fingerprint density at radius 3 is 1.46 bits per heavy atom. The Hall–Kier alpha value is -1.72. The standard InChI is InChI=1S/C20H10S4/c1-3-21-15-9-17-13(5-11(1)15)7-19(23-17)20-8-14-6-12-2-4-22-16(12)10-18(14)24-20/h1-10H. The van der Waals surface area contributed by atoms with Crippen molar-refractivity contribution in [3.8, 4) is 9.75 Å². The second-order valence-electron chi connectivity index (χ2n) is 5.92. The monoisotopic (exact) mass is 378 g/mol. The summed E-state index contributed by atoms with van der Waals surface area (Å²) in [5.74, 6) is 0. The minimum atomic E-state index is 1.36. The van der Waals surface area contributed by atoms with Gasteiger partial charge in [0.2, 0.25) is 0 Å². The summed E-state index contributed by atoms with van der Waals surface area (Å²) in [5, 5.41) is 9.78. The maximum atomic E-state index is 2.35. The van der Waals surface area contributed by atoms with Crippen LogP contribution >= 0.6 is 45.3 Å². The maximum Gasteiger partial charge on any atom is 0.0455 e. The summed E-state index contributed by atoms with van der Waals surface area (Å²) < 4.78 is 5.54. The molecule has 4 heterocycles. The first-order valence-electron chi connectivity index (χ1n) is 7.65. The van der Waals surface area contributed by atoms with Gasteiger partial charge in [-0.1, -0.05) is 0 Å². The van der Waals surface area contributed by atoms with Gasteiger partial charge in [-0.15, -0.1) is 45.3 Å². The second kappa shape index (κ2) is 4.90. The predicted molar refractivity (Wildman–Crippen MR) is 113 cm³/mol. The van der Waals surface area contributed by atoms with Crippen LogP contribution in [0, 0.1) is 0 Å². The summed E-state index contributed by atoms with van der Waals surface area (Å²) in [6.45, 7) is 0. The summed E-state index contributed by atoms with van der Waals surface area (Å²) >= 11 is 7.47. The lowest BCUT2D eigenvalue weighted by Crippen LogP contribution is -1.63. The molecular formula is C20H10S4. The van der Waals surface area contributed by atoms with Crippen molar-refractivity contribution < 1.29 is 0 Å². The Bertz CT molecular complexity index is 1150. The molecule has 0 atom stereocenters. The van der Waals surface area contributed by atoms with Gasteiger partial charge in [-0.3, -0.25) is 0 Å². The van der Waals surface area contributed by atoms with Gasteiger partial charge < -0.3 is 0 Å². The van der Waals surface area contributed by atoms with Crippen LogP contribution < -0.4 is 0 Å². The van der Waals surface area contributed by atoms with Gasteiger partial charge in [-0.05, 0) is 80.8 Å². The van der Waals surface area contributed by atoms with Gasteiger partial charge in [-0.25, -0.2) is 0 Å². The lowest BCUT2D eigenvalue weighted by molar-refractivity contribution is 1.97. The van der Waals surface area contributed by atoms with Crippen LogP contribution in [0.1, 0.15) is 0 Å². The van der Waals surface area contributed by atoms with E-state index in [2.05, 4.69) is 59.3 Å². The molecule has 0 radical (unpaired) electrons. The molecule has 0 amide bonds. The van der Waals surface area contributed by atoms with Crippen molar-refractivity contribution in [2.45, 2.75) is 0 Å². The molecule has 0 nitrogen and oxygen atoms in total. The zero-order valence-electron chi connectivity index (χ0n) is 12.4. The molecule has 6 rings (SSSR count). The molecule has 114 valence electrons. The van der Waals surface area contributed by atoms with Crippen LogP contribution in [-0.4, -0.2) is 0 Å². The quantitative estimate of drug-likeness (QED) is 0.270. The SMILES string of the molecule is c1cc2cc3cc(-c4cc5cc6ccsc6cc5s4)sc3cc2s1. The van der Waals surface area contributed by atoms with Gasteiger partial charge in [0.1, 0.15) is 0 Å². The first-order chi connectivity index (χ1) is 11.8. The van der Waals surface area contributed by atoms with E-state index in [9.17, 15) is 0 Å². The van der Waals surface area contributed by atoms with Crippen molar-refractivity contribution >= 4 is 85.7 Å². The summed E-state index contributed by atoms with van der Waals surface area (Å²) in [7, 11) is 0. The third kappa shape index (κ3) is 1.94. The highest BCUT2D eigenvalue weighted by Crippen LogP contribution is 2.42. The zero-order chi connectivity index (χ0) is 15.7. The molecule has 0 saturated heterocycles. The van der Waals surface area contributed by atoms with Crippen molar-refractivity contribution in [2.24, 2.45) is 0 Å². The Kier molecular flexibility index (Phi) is 2.77. The summed E-state index contributed by atoms with van der Waals surface area (Å²) in [6.07, 6.45) is 0. The van der Waals surface area contributed by atoms with Crippen LogP contribution in [-0.2, 0) is 0 Å². The molecule has 4 heteroatoms. The van der Waals surface area contributed by atoms with Crippen molar-refractivity contribution in [3.05, 3.63) is 59.3 Å². The molecule has 4 aromatic heterocycles. The van der Waals surface area contributed by atoms with E-state index >= 15 is 0 Å². The molecule has 0 aliphatic heterocycles. The fourth-order valence-corrected chi connectivity index (χ4v) is 7.25. The normalized spacial score (nSPS) is 12.2. The molecule has 6 aromatic rings. The molecule has 0 spiro atoms. The van der Waals surface area contributed by atoms with Crippen molar-refractivity contribution in [3.63, 3.8) is 0 Å². The van der Waals surface area contributed by atoms with E-state index in [0.717, 1.165) is 0 Å². The number of rotatable bonds is 1. The van der Waals surface area contributed by atoms with Gasteiger partial charge in [0.25, 0.3) is 0 Å². The van der Waals surface area contributed by atoms with Gasteiger partial charge in [-0.2, -0.15) is 0 Å². The average Bonchev–Trinajstić information content (AvgIpc) is 3.33. The van der Waals surface area contributed by atoms with E-state index in [4.69, 9.17) is 0 Å². The van der Waals surface area contributed by atoms with Crippen molar-refractivity contribution in [1.82, 2.24) is 0 Å². The predicted octanol–water partition coefficient (Wildman–Crippen LogP) is 8.21. The first kappa shape index (κ1) is 13.6. The van der Waals surface area contributed by atoms with Gasteiger partial charge in [0.05, 0.1) is 0 Å². The third-order valence-corrected chi connectivity index (χ3v) is 8.58. The Labute approximate surface area is 154 Å². The molecule has 0 fully saturated rings. The van der Waals surface area contributed by atoms with E-state index in [1.807, 2.05) is 45.3 Å². The van der Waals surface area contributed by atoms with E-state index in [-0.39, 0.29) is 0 Å². The zero-order valence-corrected chi connectivity index (χ0v) is 15.7. The topological polar surface area (TPSA) is 0 Å². The Morgan fingerprint density at radius 1 is 0.458 bits per heavy atom. The van der Waals surface area contributed by atoms with E-state index in [1.165, 1.54) is 50.1 Å². The van der Waals surface area contributed by atoms with Crippen LogP contribution in [0.3, 0.4) is 0 Å². The fraction of sp³-hybridized carbons (Fsp3) is 0. The molecule has 2 aromatic carbocycles. The van der Waals surface area contributed by atoms with Crippen LogP contribution in [0.4, 0.5) is 0 Å². The molecule has 0 N–H and O–H groups in total. The lowest BCUT2D eigenvalue weighted by atomic mass is 10.2. The molecule has 0 aliphatic rings. The van der Waals surface area contributed by atoms with Crippen molar-refractivity contribution in [2.75, 3.05) is 0 Å². The Morgan fingerprint density at radius 2 is 0.958 bits per heavy atom. The van der Waals surface area contributed by atoms with Crippen molar-refractivity contribution in [1.29, 1.82) is 0 Å². The molecular weight excluding hydrogens is 368 g/mol. The summed E-state index contributed by atoms with van der Waals surface area (Å²) in [5.41, 5.74) is 0. The summed E-state index contributed by atoms with van der Waals surface area (Å²) in [6, 6.07) is 18.5. The molecule has 0 unspecified atom stereocenters. The van der Waals surface area contributed by atoms with E-state index in [0.29, 0.717) is 0 Å². The number of benzene rings is 2. The van der Waals surface area contributed by atoms with Gasteiger partial charge in [0, 0.05) is 28.6 Å². The number of thiophene rings is 4. The minimum absolute atomic E-state index is 1.36. The molecule has 0 aliphatic carbocycles. The minimum Gasteiger partial charge on any atom is -0.144 e. The van der Waals surface area contributed by atoms with Gasteiger partial charge in [0.15, 0.2) is 0 Å². The molecule has 0 bridgehead atoms. The highest BCUT2D eigenvalue weighted by Gasteiger charge is 2.10. The van der Waals surface area contributed by atoms with Crippen LogP contribution in [0.5, 0.6) is 0 Å². The van der Waals surface area contributed by atoms with Crippen LogP contribution in [0.15, 0.2) is 59.3 Å². The smallest absolute Gasteiger partial charge is 0.0455 e. The maximum absolute atomic E-state index is 2.35. The summed E-state index contributed by atoms with van der Waals surface area (Å²) in [4.78, 5) is 2.76. The van der Waals surface area contributed by atoms with Gasteiger partial charge >= 0.3 is 0 Å². The van der Waals surface area contributed by atoms with Crippen LogP contribution in [0.25, 0.3) is 50.1 Å². The second-order valence-corrected chi connectivity index (χ2v) is 9.98. The Balaban J connectivity index is 1.58. The lowest BCUT2D eigenvalue weighted by Gasteiger charge is -1.89. The largest absolute Gasteiger partial charge is 0.144 e. The third-order valence-electron chi connectivity index (χ3n) is 4.43. The van der Waals surface area contributed by atoms with Crippen LogP contribution in [0.2, 0.25) is 0 Å². The first-order valence-corrected chi connectivity index (χ1v) is 11.0. The highest BCUT2D eigenvalue weighted by atomic mass is 32.1. The molecule has 24 heavy (non-hydrogen) atoms. The number of fused-ring (bicyclic) bond motifs is 4. The molecule has 0 saturated carbocycles. The van der Waals surface area contributed by atoms with E-state index < -0.39 is 0 Å². The number of hydrogen-bond acceptors (Lipinski definition) is 4.